The summed E-state index contributed by atoms with van der Waals surface area (Å²) >= 11 is 0. The van der Waals surface area contributed by atoms with Crippen LogP contribution in [0.5, 0.6) is 11.5 Å². The van der Waals surface area contributed by atoms with E-state index in [2.05, 4.69) is 0 Å². The van der Waals surface area contributed by atoms with E-state index in [0.29, 0.717) is 5.75 Å². The zero-order valence-electron chi connectivity index (χ0n) is 15.1. The lowest BCUT2D eigenvalue weighted by Gasteiger charge is -2.32. The average Bonchev–Trinajstić information content (AvgIpc) is 2.72. The molecule has 0 saturated carbocycles. The van der Waals surface area contributed by atoms with Gasteiger partial charge in [0.15, 0.2) is 0 Å². The first kappa shape index (κ1) is 18.6. The van der Waals surface area contributed by atoms with E-state index in [4.69, 9.17) is 18.8 Å². The molecule has 1 aromatic rings. The van der Waals surface area contributed by atoms with Crippen LogP contribution in [0.15, 0.2) is 18.2 Å². The van der Waals surface area contributed by atoms with Crippen molar-refractivity contribution in [2.24, 2.45) is 0 Å². The average molecular weight is 336 g/mol. The first-order chi connectivity index (χ1) is 11.1. The van der Waals surface area contributed by atoms with Crippen LogP contribution in [0, 0.1) is 0 Å². The number of phenols is 1. The van der Waals surface area contributed by atoms with Crippen molar-refractivity contribution in [3.63, 3.8) is 0 Å². The van der Waals surface area contributed by atoms with Crippen LogP contribution in [-0.2, 0) is 18.8 Å². The maximum Gasteiger partial charge on any atom is 0.466 e. The number of rotatable bonds is 5. The van der Waals surface area contributed by atoms with Gasteiger partial charge in [0.1, 0.15) is 11.5 Å². The number of ether oxygens (including phenoxy) is 2. The van der Waals surface area contributed by atoms with Crippen LogP contribution in [0.2, 0.25) is 0 Å². The molecule has 0 bridgehead atoms. The Morgan fingerprint density at radius 1 is 1.21 bits per heavy atom. The Morgan fingerprint density at radius 3 is 2.29 bits per heavy atom. The zero-order valence-corrected chi connectivity index (χ0v) is 15.1. The summed E-state index contributed by atoms with van der Waals surface area (Å²) < 4.78 is 22.4. The largest absolute Gasteiger partial charge is 0.508 e. The Kier molecular flexibility index (Phi) is 5.15. The minimum atomic E-state index is -0.632. The standard InChI is InChI=1S/C17H25BO6/c1-16(2)17(3,4)24-18(23-16)13(10-15(20)22-6)12-8-7-11(19)9-14(12)21-5/h7-9,13,19H,10H2,1-6H3. The molecule has 1 saturated heterocycles. The molecular formula is C17H25BO6. The fourth-order valence-electron chi connectivity index (χ4n) is 2.67. The smallest absolute Gasteiger partial charge is 0.466 e. The normalized spacial score (nSPS) is 19.8. The molecule has 1 aliphatic heterocycles. The van der Waals surface area contributed by atoms with E-state index < -0.39 is 24.1 Å². The molecule has 24 heavy (non-hydrogen) atoms. The van der Waals surface area contributed by atoms with Gasteiger partial charge in [-0.25, -0.2) is 0 Å². The Bertz CT molecular complexity index is 597. The molecule has 132 valence electrons. The number of benzene rings is 1. The van der Waals surface area contributed by atoms with Crippen LogP contribution < -0.4 is 4.74 Å². The molecule has 7 heteroatoms. The van der Waals surface area contributed by atoms with Crippen LogP contribution in [0.1, 0.15) is 45.5 Å². The molecule has 2 rings (SSSR count). The van der Waals surface area contributed by atoms with Crippen LogP contribution in [0.25, 0.3) is 0 Å². The molecule has 6 nitrogen and oxygen atoms in total. The summed E-state index contributed by atoms with van der Waals surface area (Å²) in [6.45, 7) is 7.82. The number of carbonyl (C=O) groups excluding carboxylic acids is 1. The molecule has 1 heterocycles. The number of hydrogen-bond acceptors (Lipinski definition) is 6. The highest BCUT2D eigenvalue weighted by atomic mass is 16.7. The highest BCUT2D eigenvalue weighted by molar-refractivity contribution is 6.48. The third-order valence-electron chi connectivity index (χ3n) is 4.83. The number of aromatic hydroxyl groups is 1. The third-order valence-corrected chi connectivity index (χ3v) is 4.83. The third kappa shape index (κ3) is 3.52. The number of phenolic OH excluding ortho intramolecular Hbond substituents is 1. The van der Waals surface area contributed by atoms with E-state index in [1.807, 2.05) is 27.7 Å². The summed E-state index contributed by atoms with van der Waals surface area (Å²) in [5.41, 5.74) is -0.314. The second-order valence-electron chi connectivity index (χ2n) is 6.94. The topological polar surface area (TPSA) is 74.2 Å². The molecule has 0 radical (unpaired) electrons. The van der Waals surface area contributed by atoms with Crippen molar-refractivity contribution < 1.29 is 28.7 Å². The number of carbonyl (C=O) groups is 1. The van der Waals surface area contributed by atoms with E-state index in [1.165, 1.54) is 20.3 Å². The highest BCUT2D eigenvalue weighted by Gasteiger charge is 2.54. The van der Waals surface area contributed by atoms with Crippen LogP contribution >= 0.6 is 0 Å². The lowest BCUT2D eigenvalue weighted by atomic mass is 9.66. The van der Waals surface area contributed by atoms with Crippen molar-refractivity contribution in [3.05, 3.63) is 23.8 Å². The fraction of sp³-hybridized carbons (Fsp3) is 0.588. The summed E-state index contributed by atoms with van der Waals surface area (Å²) in [7, 11) is 2.22. The van der Waals surface area contributed by atoms with Gasteiger partial charge in [-0.1, -0.05) is 6.07 Å². The summed E-state index contributed by atoms with van der Waals surface area (Å²) in [5.74, 6) is -0.237. The minimum absolute atomic E-state index is 0.0778. The van der Waals surface area contributed by atoms with E-state index in [1.54, 1.807) is 12.1 Å². The maximum absolute atomic E-state index is 11.9. The summed E-state index contributed by atoms with van der Waals surface area (Å²) in [6.07, 6.45) is 0.0778. The van der Waals surface area contributed by atoms with Gasteiger partial charge in [0.05, 0.1) is 31.8 Å². The molecule has 1 aromatic carbocycles. The van der Waals surface area contributed by atoms with Crippen molar-refractivity contribution >= 4 is 13.1 Å². The van der Waals surface area contributed by atoms with Gasteiger partial charge in [0, 0.05) is 11.9 Å². The molecule has 0 amide bonds. The van der Waals surface area contributed by atoms with Crippen molar-refractivity contribution in [2.75, 3.05) is 14.2 Å². The van der Waals surface area contributed by atoms with Gasteiger partial charge in [-0.3, -0.25) is 4.79 Å². The lowest BCUT2D eigenvalue weighted by molar-refractivity contribution is -0.140. The minimum Gasteiger partial charge on any atom is -0.508 e. The van der Waals surface area contributed by atoms with Gasteiger partial charge in [-0.15, -0.1) is 0 Å². The molecule has 1 aliphatic rings. The summed E-state index contributed by atoms with van der Waals surface area (Å²) in [5, 5.41) is 9.68. The fourth-order valence-corrected chi connectivity index (χ4v) is 2.67. The van der Waals surface area contributed by atoms with Crippen molar-refractivity contribution in [1.29, 1.82) is 0 Å². The monoisotopic (exact) mass is 336 g/mol. The van der Waals surface area contributed by atoms with Gasteiger partial charge >= 0.3 is 13.1 Å². The van der Waals surface area contributed by atoms with Gasteiger partial charge < -0.3 is 23.9 Å². The van der Waals surface area contributed by atoms with Gasteiger partial charge in [0.25, 0.3) is 0 Å². The predicted molar refractivity (Wildman–Crippen MR) is 90.1 cm³/mol. The Morgan fingerprint density at radius 2 is 1.79 bits per heavy atom. The molecule has 0 aliphatic carbocycles. The van der Waals surface area contributed by atoms with Crippen LogP contribution in [0.4, 0.5) is 0 Å². The van der Waals surface area contributed by atoms with Crippen LogP contribution in [0.3, 0.4) is 0 Å². The molecule has 1 N–H and O–H groups in total. The number of methoxy groups -OCH3 is 2. The van der Waals surface area contributed by atoms with E-state index >= 15 is 0 Å². The van der Waals surface area contributed by atoms with Gasteiger partial charge in [-0.2, -0.15) is 0 Å². The van der Waals surface area contributed by atoms with E-state index in [-0.39, 0.29) is 18.1 Å². The second-order valence-corrected chi connectivity index (χ2v) is 6.94. The molecule has 1 atom stereocenters. The van der Waals surface area contributed by atoms with Gasteiger partial charge in [-0.05, 0) is 39.3 Å². The molecule has 0 aromatic heterocycles. The van der Waals surface area contributed by atoms with E-state index in [9.17, 15) is 9.90 Å². The first-order valence-corrected chi connectivity index (χ1v) is 7.90. The second kappa shape index (κ2) is 6.65. The number of esters is 1. The summed E-state index contributed by atoms with van der Waals surface area (Å²) in [4.78, 5) is 11.9. The van der Waals surface area contributed by atoms with Crippen molar-refractivity contribution in [1.82, 2.24) is 0 Å². The molecular weight excluding hydrogens is 311 g/mol. The quantitative estimate of drug-likeness (QED) is 0.658. The van der Waals surface area contributed by atoms with Crippen LogP contribution in [-0.4, -0.2) is 43.6 Å². The Balaban J connectivity index is 2.42. The zero-order chi connectivity index (χ0) is 18.1. The first-order valence-electron chi connectivity index (χ1n) is 7.90. The van der Waals surface area contributed by atoms with Crippen molar-refractivity contribution in [3.8, 4) is 11.5 Å². The van der Waals surface area contributed by atoms with Crippen molar-refractivity contribution in [2.45, 2.75) is 51.1 Å². The Hall–Kier alpha value is -1.73. The SMILES string of the molecule is COC(=O)CC(B1OC(C)(C)C(C)(C)O1)c1ccc(O)cc1OC. The maximum atomic E-state index is 11.9. The summed E-state index contributed by atoms with van der Waals surface area (Å²) in [6, 6.07) is 4.77. The molecule has 1 fully saturated rings. The highest BCUT2D eigenvalue weighted by Crippen LogP contribution is 2.43. The van der Waals surface area contributed by atoms with Gasteiger partial charge in [0.2, 0.25) is 0 Å². The lowest BCUT2D eigenvalue weighted by Crippen LogP contribution is -2.41. The molecule has 0 spiro atoms. The molecule has 1 unspecified atom stereocenters. The van der Waals surface area contributed by atoms with E-state index in [0.717, 1.165) is 5.56 Å². The Labute approximate surface area is 143 Å². The predicted octanol–water partition coefficient (Wildman–Crippen LogP) is 2.68. The number of hydrogen-bond donors (Lipinski definition) is 1.